The molecule has 0 atom stereocenters. The van der Waals surface area contributed by atoms with E-state index < -0.39 is 5.69 Å². The average Bonchev–Trinajstić information content (AvgIpc) is 2.34. The molecule has 0 saturated carbocycles. The summed E-state index contributed by atoms with van der Waals surface area (Å²) in [6.45, 7) is 2.70. The summed E-state index contributed by atoms with van der Waals surface area (Å²) in [5.41, 5.74) is 0.401. The quantitative estimate of drug-likeness (QED) is 0.724. The highest BCUT2D eigenvalue weighted by Gasteiger charge is 2.21. The van der Waals surface area contributed by atoms with Gasteiger partial charge in [-0.25, -0.2) is 9.78 Å². The molecule has 6 heteroatoms. The predicted molar refractivity (Wildman–Crippen MR) is 64.1 cm³/mol. The van der Waals surface area contributed by atoms with Crippen LogP contribution in [-0.2, 0) is 16.1 Å². The Kier molecular flexibility index (Phi) is 3.55. The highest BCUT2D eigenvalue weighted by Crippen LogP contribution is 2.06. The monoisotopic (exact) mass is 249 g/mol. The van der Waals surface area contributed by atoms with Crippen molar-refractivity contribution < 1.29 is 9.59 Å². The number of hydrogen-bond acceptors (Lipinski definition) is 4. The highest BCUT2D eigenvalue weighted by molar-refractivity contribution is 5.83. The van der Waals surface area contributed by atoms with E-state index in [0.29, 0.717) is 25.9 Å². The summed E-state index contributed by atoms with van der Waals surface area (Å²) in [5.74, 6) is 0.0467. The van der Waals surface area contributed by atoms with Gasteiger partial charge in [0.25, 0.3) is 0 Å². The Morgan fingerprint density at radius 2 is 2.00 bits per heavy atom. The summed E-state index contributed by atoms with van der Waals surface area (Å²) in [6, 6.07) is 0. The Labute approximate surface area is 104 Å². The molecule has 1 aliphatic rings. The number of ketones is 1. The number of piperidine rings is 1. The van der Waals surface area contributed by atoms with E-state index in [-0.39, 0.29) is 18.2 Å². The minimum atomic E-state index is -0.429. The van der Waals surface area contributed by atoms with Gasteiger partial charge in [-0.05, 0) is 12.5 Å². The molecule has 0 bridgehead atoms. The molecule has 2 rings (SSSR count). The van der Waals surface area contributed by atoms with E-state index in [2.05, 4.69) is 4.98 Å². The third-order valence-corrected chi connectivity index (χ3v) is 2.96. The van der Waals surface area contributed by atoms with Gasteiger partial charge in [-0.1, -0.05) is 0 Å². The van der Waals surface area contributed by atoms with Crippen molar-refractivity contribution in [3.63, 3.8) is 0 Å². The van der Waals surface area contributed by atoms with E-state index in [9.17, 15) is 14.4 Å². The molecule has 0 radical (unpaired) electrons. The summed E-state index contributed by atoms with van der Waals surface area (Å²) in [7, 11) is 0. The number of aromatic nitrogens is 2. The van der Waals surface area contributed by atoms with Gasteiger partial charge in [0, 0.05) is 38.3 Å². The second-order valence-corrected chi connectivity index (χ2v) is 4.46. The topological polar surface area (TPSA) is 72.3 Å². The number of hydrogen-bond donors (Lipinski definition) is 0. The Hall–Kier alpha value is -1.98. The van der Waals surface area contributed by atoms with Crippen LogP contribution in [0.2, 0.25) is 0 Å². The van der Waals surface area contributed by atoms with Crippen molar-refractivity contribution in [1.82, 2.24) is 14.5 Å². The fraction of sp³-hybridized carbons (Fsp3) is 0.500. The van der Waals surface area contributed by atoms with Crippen LogP contribution in [0.15, 0.2) is 17.2 Å². The van der Waals surface area contributed by atoms with Crippen molar-refractivity contribution in [2.24, 2.45) is 0 Å². The van der Waals surface area contributed by atoms with E-state index in [0.717, 1.165) is 5.56 Å². The van der Waals surface area contributed by atoms with E-state index in [1.54, 1.807) is 11.1 Å². The van der Waals surface area contributed by atoms with Crippen LogP contribution in [0.3, 0.4) is 0 Å². The van der Waals surface area contributed by atoms with Crippen molar-refractivity contribution in [1.29, 1.82) is 0 Å². The van der Waals surface area contributed by atoms with Gasteiger partial charge < -0.3 is 4.90 Å². The van der Waals surface area contributed by atoms with Gasteiger partial charge in [-0.15, -0.1) is 0 Å². The largest absolute Gasteiger partial charge is 0.347 e. The van der Waals surface area contributed by atoms with Crippen LogP contribution in [0, 0.1) is 6.92 Å². The zero-order valence-electron chi connectivity index (χ0n) is 10.3. The molecular weight excluding hydrogens is 234 g/mol. The number of amides is 1. The van der Waals surface area contributed by atoms with Gasteiger partial charge >= 0.3 is 5.69 Å². The predicted octanol–water partition coefficient (Wildman–Crippen LogP) is -0.257. The third kappa shape index (κ3) is 2.82. The molecular formula is C12H15N3O3. The minimum absolute atomic E-state index is 0.0122. The molecule has 0 aromatic carbocycles. The first-order valence-corrected chi connectivity index (χ1v) is 5.89. The maximum absolute atomic E-state index is 12.0. The lowest BCUT2D eigenvalue weighted by molar-refractivity contribution is -0.135. The summed E-state index contributed by atoms with van der Waals surface area (Å²) >= 11 is 0. The smallest absolute Gasteiger partial charge is 0.340 e. The molecule has 0 N–H and O–H groups in total. The lowest BCUT2D eigenvalue weighted by atomic mass is 10.1. The fourth-order valence-electron chi connectivity index (χ4n) is 1.93. The Bertz CT molecular complexity index is 526. The van der Waals surface area contributed by atoms with Gasteiger partial charge in [0.05, 0.1) is 0 Å². The van der Waals surface area contributed by atoms with Crippen LogP contribution in [0.25, 0.3) is 0 Å². The average molecular weight is 249 g/mol. The van der Waals surface area contributed by atoms with E-state index in [1.165, 1.54) is 10.8 Å². The molecule has 1 fully saturated rings. The maximum atomic E-state index is 12.0. The molecule has 0 unspecified atom stereocenters. The molecule has 1 amide bonds. The molecule has 6 nitrogen and oxygen atoms in total. The Morgan fingerprint density at radius 3 is 2.67 bits per heavy atom. The minimum Gasteiger partial charge on any atom is -0.340 e. The molecule has 96 valence electrons. The Morgan fingerprint density at radius 1 is 1.33 bits per heavy atom. The van der Waals surface area contributed by atoms with Crippen molar-refractivity contribution in [2.75, 3.05) is 13.1 Å². The molecule has 1 saturated heterocycles. The standard InChI is InChI=1S/C12H15N3O3/c1-9-6-13-12(18)15(7-9)8-11(17)14-4-2-10(16)3-5-14/h6-7H,2-5,8H2,1H3. The number of likely N-dealkylation sites (tertiary alicyclic amines) is 1. The first-order chi connectivity index (χ1) is 8.56. The van der Waals surface area contributed by atoms with Gasteiger partial charge in [0.15, 0.2) is 0 Å². The van der Waals surface area contributed by atoms with E-state index in [4.69, 9.17) is 0 Å². The van der Waals surface area contributed by atoms with Crippen molar-refractivity contribution in [3.05, 3.63) is 28.4 Å². The number of rotatable bonds is 2. The van der Waals surface area contributed by atoms with Gasteiger partial charge in [0.1, 0.15) is 12.3 Å². The van der Waals surface area contributed by atoms with Crippen LogP contribution < -0.4 is 5.69 Å². The first kappa shape index (κ1) is 12.5. The van der Waals surface area contributed by atoms with Gasteiger partial charge in [-0.2, -0.15) is 0 Å². The highest BCUT2D eigenvalue weighted by atomic mass is 16.2. The summed E-state index contributed by atoms with van der Waals surface area (Å²) in [5, 5.41) is 0. The van der Waals surface area contributed by atoms with Crippen LogP contribution in [0.5, 0.6) is 0 Å². The summed E-state index contributed by atoms with van der Waals surface area (Å²) in [4.78, 5) is 39.8. The molecule has 0 aliphatic carbocycles. The van der Waals surface area contributed by atoms with Crippen LogP contribution in [0.1, 0.15) is 18.4 Å². The zero-order chi connectivity index (χ0) is 13.1. The van der Waals surface area contributed by atoms with Crippen LogP contribution in [0.4, 0.5) is 0 Å². The van der Waals surface area contributed by atoms with Crippen molar-refractivity contribution in [2.45, 2.75) is 26.3 Å². The first-order valence-electron chi connectivity index (χ1n) is 5.89. The lowest BCUT2D eigenvalue weighted by Crippen LogP contribution is -2.41. The van der Waals surface area contributed by atoms with Gasteiger partial charge in [-0.3, -0.25) is 14.2 Å². The van der Waals surface area contributed by atoms with Crippen LogP contribution in [-0.4, -0.2) is 39.2 Å². The molecule has 1 aromatic heterocycles. The normalized spacial score (nSPS) is 15.8. The van der Waals surface area contributed by atoms with E-state index in [1.807, 2.05) is 6.92 Å². The van der Waals surface area contributed by atoms with Gasteiger partial charge in [0.2, 0.25) is 5.91 Å². The summed E-state index contributed by atoms with van der Waals surface area (Å²) in [6.07, 6.45) is 3.91. The van der Waals surface area contributed by atoms with Crippen LogP contribution >= 0.6 is 0 Å². The molecule has 1 aromatic rings. The maximum Gasteiger partial charge on any atom is 0.347 e. The fourth-order valence-corrected chi connectivity index (χ4v) is 1.93. The number of carbonyl (C=O) groups excluding carboxylic acids is 2. The number of nitrogens with zero attached hydrogens (tertiary/aromatic N) is 3. The molecule has 18 heavy (non-hydrogen) atoms. The number of Topliss-reactive ketones (excluding diaryl/α,β-unsaturated/α-hetero) is 1. The molecule has 2 heterocycles. The SMILES string of the molecule is Cc1cnc(=O)n(CC(=O)N2CCC(=O)CC2)c1. The third-order valence-electron chi connectivity index (χ3n) is 2.96. The lowest BCUT2D eigenvalue weighted by Gasteiger charge is -2.26. The van der Waals surface area contributed by atoms with Crippen molar-refractivity contribution in [3.8, 4) is 0 Å². The van der Waals surface area contributed by atoms with Crippen molar-refractivity contribution >= 4 is 11.7 Å². The molecule has 1 aliphatic heterocycles. The zero-order valence-corrected chi connectivity index (χ0v) is 10.3. The second kappa shape index (κ2) is 5.12. The molecule has 0 spiro atoms. The number of aryl methyl sites for hydroxylation is 1. The van der Waals surface area contributed by atoms with E-state index >= 15 is 0 Å². The summed E-state index contributed by atoms with van der Waals surface area (Å²) < 4.78 is 1.30. The number of carbonyl (C=O) groups is 2. The second-order valence-electron chi connectivity index (χ2n) is 4.46. The Balaban J connectivity index is 2.05.